The van der Waals surface area contributed by atoms with Crippen molar-refractivity contribution in [1.29, 1.82) is 0 Å². The fourth-order valence-corrected chi connectivity index (χ4v) is 4.21. The van der Waals surface area contributed by atoms with Gasteiger partial charge >= 0.3 is 0 Å². The fraction of sp³-hybridized carbons (Fsp3) is 0.143. The van der Waals surface area contributed by atoms with Gasteiger partial charge in [0.25, 0.3) is 11.5 Å². The SMILES string of the molecule is CCn1c(=S)[nH]c2cc(C(=O)NCc3csc(-c4ccccc4)n3)ccc2c1=O. The van der Waals surface area contributed by atoms with Gasteiger partial charge in [-0.1, -0.05) is 30.3 Å². The zero-order chi connectivity index (χ0) is 20.4. The smallest absolute Gasteiger partial charge is 0.262 e. The third-order valence-corrected chi connectivity index (χ3v) is 5.83. The molecule has 1 amide bonds. The van der Waals surface area contributed by atoms with Crippen molar-refractivity contribution < 1.29 is 4.79 Å². The number of aromatic amines is 1. The average molecular weight is 423 g/mol. The van der Waals surface area contributed by atoms with Crippen molar-refractivity contribution in [3.63, 3.8) is 0 Å². The highest BCUT2D eigenvalue weighted by molar-refractivity contribution is 7.71. The number of benzene rings is 2. The van der Waals surface area contributed by atoms with Crippen LogP contribution in [0.3, 0.4) is 0 Å². The molecule has 0 aliphatic rings. The van der Waals surface area contributed by atoms with Gasteiger partial charge in [-0.05, 0) is 37.3 Å². The summed E-state index contributed by atoms with van der Waals surface area (Å²) in [5.41, 5.74) is 2.70. The van der Waals surface area contributed by atoms with Crippen molar-refractivity contribution in [2.45, 2.75) is 20.0 Å². The summed E-state index contributed by atoms with van der Waals surface area (Å²) in [6.07, 6.45) is 0. The maximum atomic E-state index is 12.6. The summed E-state index contributed by atoms with van der Waals surface area (Å²) in [6, 6.07) is 14.9. The number of rotatable bonds is 5. The Labute approximate surface area is 175 Å². The van der Waals surface area contributed by atoms with Crippen molar-refractivity contribution in [2.24, 2.45) is 0 Å². The Hall–Kier alpha value is -3.10. The molecule has 2 N–H and O–H groups in total. The molecule has 4 rings (SSSR count). The third-order valence-electron chi connectivity index (χ3n) is 4.56. The summed E-state index contributed by atoms with van der Waals surface area (Å²) in [4.78, 5) is 32.6. The Morgan fingerprint density at radius 3 is 2.79 bits per heavy atom. The van der Waals surface area contributed by atoms with Crippen LogP contribution in [0, 0.1) is 4.77 Å². The molecule has 0 aliphatic heterocycles. The molecule has 0 spiro atoms. The Balaban J connectivity index is 1.52. The lowest BCUT2D eigenvalue weighted by atomic mass is 10.1. The van der Waals surface area contributed by atoms with Crippen LogP contribution in [-0.2, 0) is 13.1 Å². The van der Waals surface area contributed by atoms with Crippen molar-refractivity contribution >= 4 is 40.4 Å². The first-order valence-corrected chi connectivity index (χ1v) is 10.4. The first-order valence-electron chi connectivity index (χ1n) is 9.11. The van der Waals surface area contributed by atoms with Crippen LogP contribution in [0.1, 0.15) is 23.0 Å². The van der Waals surface area contributed by atoms with Gasteiger partial charge in [0.05, 0.1) is 23.1 Å². The number of nitrogens with one attached hydrogen (secondary N) is 2. The number of thiazole rings is 1. The largest absolute Gasteiger partial charge is 0.346 e. The maximum Gasteiger partial charge on any atom is 0.262 e. The van der Waals surface area contributed by atoms with E-state index in [1.807, 2.05) is 42.6 Å². The molecule has 8 heteroatoms. The second-order valence-corrected chi connectivity index (χ2v) is 7.68. The minimum absolute atomic E-state index is 0.158. The van der Waals surface area contributed by atoms with Gasteiger partial charge in [-0.15, -0.1) is 11.3 Å². The van der Waals surface area contributed by atoms with Crippen LogP contribution in [0.25, 0.3) is 21.5 Å². The normalized spacial score (nSPS) is 10.9. The van der Waals surface area contributed by atoms with Gasteiger partial charge in [0.15, 0.2) is 4.77 Å². The Kier molecular flexibility index (Phi) is 5.37. The fourth-order valence-electron chi connectivity index (χ4n) is 3.06. The summed E-state index contributed by atoms with van der Waals surface area (Å²) < 4.78 is 1.84. The molecule has 0 radical (unpaired) electrons. The van der Waals surface area contributed by atoms with Gasteiger partial charge in [-0.3, -0.25) is 14.2 Å². The predicted molar refractivity (Wildman–Crippen MR) is 118 cm³/mol. The number of carbonyl (C=O) groups excluding carboxylic acids is 1. The van der Waals surface area contributed by atoms with Crippen LogP contribution < -0.4 is 10.9 Å². The van der Waals surface area contributed by atoms with Gasteiger partial charge in [-0.25, -0.2) is 4.98 Å². The van der Waals surface area contributed by atoms with E-state index in [-0.39, 0.29) is 11.5 Å². The van der Waals surface area contributed by atoms with E-state index in [1.165, 1.54) is 4.57 Å². The molecule has 0 fully saturated rings. The molecule has 0 saturated heterocycles. The highest BCUT2D eigenvalue weighted by Gasteiger charge is 2.11. The Morgan fingerprint density at radius 1 is 1.24 bits per heavy atom. The highest BCUT2D eigenvalue weighted by Crippen LogP contribution is 2.23. The predicted octanol–water partition coefficient (Wildman–Crippen LogP) is 4.13. The lowest BCUT2D eigenvalue weighted by molar-refractivity contribution is 0.0950. The summed E-state index contributed by atoms with van der Waals surface area (Å²) in [5, 5.41) is 6.24. The first kappa shape index (κ1) is 19.2. The molecule has 0 aliphatic carbocycles. The quantitative estimate of drug-likeness (QED) is 0.474. The van der Waals surface area contributed by atoms with Crippen LogP contribution in [0.4, 0.5) is 0 Å². The second-order valence-electron chi connectivity index (χ2n) is 6.43. The maximum absolute atomic E-state index is 12.6. The molecule has 2 aromatic heterocycles. The van der Waals surface area contributed by atoms with Gasteiger partial charge in [0.2, 0.25) is 0 Å². The monoisotopic (exact) mass is 422 g/mol. The Morgan fingerprint density at radius 2 is 2.03 bits per heavy atom. The van der Waals surface area contributed by atoms with Crippen molar-refractivity contribution in [1.82, 2.24) is 19.9 Å². The first-order chi connectivity index (χ1) is 14.1. The molecule has 2 aromatic carbocycles. The van der Waals surface area contributed by atoms with E-state index in [9.17, 15) is 9.59 Å². The van der Waals surface area contributed by atoms with Crippen LogP contribution >= 0.6 is 23.6 Å². The zero-order valence-electron chi connectivity index (χ0n) is 15.6. The summed E-state index contributed by atoms with van der Waals surface area (Å²) >= 11 is 6.78. The lowest BCUT2D eigenvalue weighted by Gasteiger charge is -2.07. The van der Waals surface area contributed by atoms with Gasteiger partial charge in [-0.2, -0.15) is 0 Å². The van der Waals surface area contributed by atoms with E-state index < -0.39 is 0 Å². The third kappa shape index (κ3) is 3.90. The van der Waals surface area contributed by atoms with Gasteiger partial charge in [0.1, 0.15) is 5.01 Å². The standard InChI is InChI=1S/C21H18N4O2S2/c1-2-25-20(27)16-9-8-14(10-17(16)24-21(25)28)18(26)22-11-15-12-29-19(23-15)13-6-4-3-5-7-13/h3-10,12H,2,11H2,1H3,(H,22,26)(H,24,28). The number of H-pyrrole nitrogens is 1. The topological polar surface area (TPSA) is 79.8 Å². The number of hydrogen-bond acceptors (Lipinski definition) is 5. The van der Waals surface area contributed by atoms with Crippen molar-refractivity contribution in [2.75, 3.05) is 0 Å². The minimum atomic E-state index is -0.236. The number of nitrogens with zero attached hydrogens (tertiary/aromatic N) is 2. The second kappa shape index (κ2) is 8.10. The highest BCUT2D eigenvalue weighted by atomic mass is 32.1. The number of hydrogen-bond donors (Lipinski definition) is 2. The molecule has 0 bridgehead atoms. The van der Waals surface area contributed by atoms with Gasteiger partial charge < -0.3 is 10.3 Å². The molecular weight excluding hydrogens is 404 g/mol. The van der Waals surface area contributed by atoms with E-state index in [0.717, 1.165) is 16.3 Å². The summed E-state index contributed by atoms with van der Waals surface area (Å²) in [7, 11) is 0. The van der Waals surface area contributed by atoms with Crippen LogP contribution in [0.2, 0.25) is 0 Å². The molecule has 0 atom stereocenters. The molecule has 4 aromatic rings. The van der Waals surface area contributed by atoms with Crippen molar-refractivity contribution in [3.05, 3.63) is 80.3 Å². The molecule has 29 heavy (non-hydrogen) atoms. The molecular formula is C21H18N4O2S2. The summed E-state index contributed by atoms with van der Waals surface area (Å²) in [6.45, 7) is 2.68. The minimum Gasteiger partial charge on any atom is -0.346 e. The van der Waals surface area contributed by atoms with E-state index in [1.54, 1.807) is 29.5 Å². The van der Waals surface area contributed by atoms with Crippen LogP contribution in [0.15, 0.2) is 58.7 Å². The van der Waals surface area contributed by atoms with E-state index >= 15 is 0 Å². The van der Waals surface area contributed by atoms with E-state index in [4.69, 9.17) is 12.2 Å². The van der Waals surface area contributed by atoms with E-state index in [0.29, 0.717) is 34.3 Å². The molecule has 2 heterocycles. The van der Waals surface area contributed by atoms with Crippen molar-refractivity contribution in [3.8, 4) is 10.6 Å². The Bertz CT molecular complexity index is 1310. The van der Waals surface area contributed by atoms with Gasteiger partial charge in [0, 0.05) is 23.1 Å². The van der Waals surface area contributed by atoms with Crippen LogP contribution in [0.5, 0.6) is 0 Å². The number of amides is 1. The molecule has 146 valence electrons. The molecule has 6 nitrogen and oxygen atoms in total. The number of fused-ring (bicyclic) bond motifs is 1. The molecule has 0 saturated carbocycles. The zero-order valence-corrected chi connectivity index (χ0v) is 17.3. The number of carbonyl (C=O) groups is 1. The average Bonchev–Trinajstić information content (AvgIpc) is 3.21. The summed E-state index contributed by atoms with van der Waals surface area (Å²) in [5.74, 6) is -0.236. The van der Waals surface area contributed by atoms with Crippen LogP contribution in [-0.4, -0.2) is 20.4 Å². The lowest BCUT2D eigenvalue weighted by Crippen LogP contribution is -2.24. The molecule has 0 unspecified atom stereocenters. The van der Waals surface area contributed by atoms with E-state index in [2.05, 4.69) is 15.3 Å². The number of aromatic nitrogens is 3.